The molecule has 0 bridgehead atoms. The van der Waals surface area contributed by atoms with Crippen LogP contribution in [0.2, 0.25) is 0 Å². The second kappa shape index (κ2) is 5.60. The summed E-state index contributed by atoms with van der Waals surface area (Å²) in [5.41, 5.74) is 5.99. The van der Waals surface area contributed by atoms with E-state index in [2.05, 4.69) is 6.92 Å². The lowest BCUT2D eigenvalue weighted by atomic mass is 9.66. The highest BCUT2D eigenvalue weighted by molar-refractivity contribution is 5.77. The summed E-state index contributed by atoms with van der Waals surface area (Å²) in [7, 11) is 1.99. The van der Waals surface area contributed by atoms with E-state index in [1.165, 1.54) is 32.1 Å². The third-order valence-corrected chi connectivity index (χ3v) is 5.22. The van der Waals surface area contributed by atoms with Crippen molar-refractivity contribution in [1.29, 1.82) is 0 Å². The van der Waals surface area contributed by atoms with E-state index in [-0.39, 0.29) is 5.41 Å². The quantitative estimate of drug-likeness (QED) is 0.835. The van der Waals surface area contributed by atoms with Crippen LogP contribution in [-0.2, 0) is 4.79 Å². The van der Waals surface area contributed by atoms with Crippen molar-refractivity contribution in [3.8, 4) is 0 Å². The van der Waals surface area contributed by atoms with Crippen molar-refractivity contribution in [3.05, 3.63) is 0 Å². The van der Waals surface area contributed by atoms with Gasteiger partial charge in [-0.15, -0.1) is 0 Å². The fraction of sp³-hybridized carbons (Fsp3) is 0.933. The molecule has 0 aromatic rings. The van der Waals surface area contributed by atoms with E-state index < -0.39 is 0 Å². The smallest absolute Gasteiger partial charge is 0.223 e. The van der Waals surface area contributed by atoms with E-state index in [9.17, 15) is 4.79 Å². The molecule has 2 N–H and O–H groups in total. The number of nitrogens with zero attached hydrogens (tertiary/aromatic N) is 1. The van der Waals surface area contributed by atoms with Gasteiger partial charge in [0.15, 0.2) is 0 Å². The number of amides is 1. The minimum absolute atomic E-state index is 0.144. The molecule has 2 aliphatic rings. The first-order valence-corrected chi connectivity index (χ1v) is 7.52. The Bertz CT molecular complexity index is 293. The highest BCUT2D eigenvalue weighted by Gasteiger charge is 2.39. The fourth-order valence-electron chi connectivity index (χ4n) is 3.53. The molecule has 18 heavy (non-hydrogen) atoms. The predicted octanol–water partition coefficient (Wildman–Crippen LogP) is 2.54. The van der Waals surface area contributed by atoms with Crippen molar-refractivity contribution < 1.29 is 4.79 Å². The van der Waals surface area contributed by atoms with Gasteiger partial charge in [0.25, 0.3) is 0 Å². The van der Waals surface area contributed by atoms with E-state index in [4.69, 9.17) is 5.73 Å². The van der Waals surface area contributed by atoms with Crippen LogP contribution in [0.25, 0.3) is 0 Å². The number of carbonyl (C=O) groups excluding carboxylic acids is 1. The van der Waals surface area contributed by atoms with Gasteiger partial charge in [0.1, 0.15) is 0 Å². The second-order valence-electron chi connectivity index (χ2n) is 6.66. The van der Waals surface area contributed by atoms with Gasteiger partial charge in [-0.3, -0.25) is 4.79 Å². The van der Waals surface area contributed by atoms with E-state index in [0.29, 0.717) is 24.9 Å². The first kappa shape index (κ1) is 13.9. The van der Waals surface area contributed by atoms with Gasteiger partial charge in [-0.1, -0.05) is 26.2 Å². The van der Waals surface area contributed by atoms with Crippen LogP contribution in [0.3, 0.4) is 0 Å². The molecule has 0 radical (unpaired) electrons. The maximum absolute atomic E-state index is 12.4. The van der Waals surface area contributed by atoms with Crippen LogP contribution in [-0.4, -0.2) is 30.4 Å². The Morgan fingerprint density at radius 3 is 2.56 bits per heavy atom. The summed E-state index contributed by atoms with van der Waals surface area (Å²) in [6, 6.07) is 0.469. The fourth-order valence-corrected chi connectivity index (χ4v) is 3.53. The summed E-state index contributed by atoms with van der Waals surface area (Å²) < 4.78 is 0. The molecule has 2 fully saturated rings. The molecule has 1 amide bonds. The largest absolute Gasteiger partial charge is 0.343 e. The summed E-state index contributed by atoms with van der Waals surface area (Å²) in [5, 5.41) is 0. The molecule has 2 atom stereocenters. The maximum atomic E-state index is 12.4. The summed E-state index contributed by atoms with van der Waals surface area (Å²) in [5.74, 6) is 1.09. The minimum atomic E-state index is 0.144. The summed E-state index contributed by atoms with van der Waals surface area (Å²) in [6.07, 6.45) is 9.16. The van der Waals surface area contributed by atoms with Crippen molar-refractivity contribution in [2.24, 2.45) is 17.1 Å². The van der Waals surface area contributed by atoms with Crippen molar-refractivity contribution in [1.82, 2.24) is 4.90 Å². The average molecular weight is 252 g/mol. The van der Waals surface area contributed by atoms with Gasteiger partial charge >= 0.3 is 0 Å². The summed E-state index contributed by atoms with van der Waals surface area (Å²) >= 11 is 0. The molecule has 0 aliphatic heterocycles. The topological polar surface area (TPSA) is 46.3 Å². The van der Waals surface area contributed by atoms with E-state index in [0.717, 1.165) is 18.8 Å². The van der Waals surface area contributed by atoms with Crippen LogP contribution in [0, 0.1) is 11.3 Å². The monoisotopic (exact) mass is 252 g/mol. The van der Waals surface area contributed by atoms with Gasteiger partial charge in [-0.2, -0.15) is 0 Å². The van der Waals surface area contributed by atoms with Crippen LogP contribution in [0.5, 0.6) is 0 Å². The van der Waals surface area contributed by atoms with E-state index >= 15 is 0 Å². The zero-order chi connectivity index (χ0) is 13.2. The van der Waals surface area contributed by atoms with Gasteiger partial charge in [-0.25, -0.2) is 0 Å². The molecular formula is C15H28N2O. The Hall–Kier alpha value is -0.570. The molecule has 2 unspecified atom stereocenters. The van der Waals surface area contributed by atoms with Crippen molar-refractivity contribution >= 4 is 5.91 Å². The lowest BCUT2D eigenvalue weighted by Crippen LogP contribution is -2.46. The molecule has 0 heterocycles. The molecule has 0 aromatic carbocycles. The van der Waals surface area contributed by atoms with Crippen molar-refractivity contribution in [2.45, 2.75) is 64.3 Å². The van der Waals surface area contributed by atoms with Crippen LogP contribution >= 0.6 is 0 Å². The molecule has 2 saturated carbocycles. The maximum Gasteiger partial charge on any atom is 0.223 e. The Morgan fingerprint density at radius 1 is 1.33 bits per heavy atom. The minimum Gasteiger partial charge on any atom is -0.343 e. The molecule has 0 saturated heterocycles. The lowest BCUT2D eigenvalue weighted by molar-refractivity contribution is -0.136. The lowest BCUT2D eigenvalue weighted by Gasteiger charge is -2.42. The van der Waals surface area contributed by atoms with Crippen LogP contribution in [0.1, 0.15) is 58.3 Å². The average Bonchev–Trinajstić information content (AvgIpc) is 2.32. The third-order valence-electron chi connectivity index (χ3n) is 5.22. The van der Waals surface area contributed by atoms with Crippen LogP contribution in [0.4, 0.5) is 0 Å². The molecule has 2 rings (SSSR count). The molecular weight excluding hydrogens is 224 g/mol. The molecule has 0 spiro atoms. The Balaban J connectivity index is 1.87. The highest BCUT2D eigenvalue weighted by Crippen LogP contribution is 2.43. The molecule has 0 aromatic heterocycles. The number of nitrogens with two attached hydrogens (primary N) is 1. The van der Waals surface area contributed by atoms with Gasteiger partial charge in [0.2, 0.25) is 5.91 Å². The van der Waals surface area contributed by atoms with Crippen LogP contribution < -0.4 is 5.73 Å². The Labute approximate surface area is 111 Å². The zero-order valence-corrected chi connectivity index (χ0v) is 12.0. The third kappa shape index (κ3) is 2.87. The molecule has 3 nitrogen and oxygen atoms in total. The van der Waals surface area contributed by atoms with E-state index in [1.54, 1.807) is 0 Å². The Morgan fingerprint density at radius 2 is 2.06 bits per heavy atom. The second-order valence-corrected chi connectivity index (χ2v) is 6.66. The molecule has 2 aliphatic carbocycles. The zero-order valence-electron chi connectivity index (χ0n) is 12.0. The molecule has 104 valence electrons. The summed E-state index contributed by atoms with van der Waals surface area (Å²) in [4.78, 5) is 14.4. The van der Waals surface area contributed by atoms with Crippen LogP contribution in [0.15, 0.2) is 0 Å². The van der Waals surface area contributed by atoms with E-state index in [1.807, 2.05) is 11.9 Å². The summed E-state index contributed by atoms with van der Waals surface area (Å²) in [6.45, 7) is 2.98. The van der Waals surface area contributed by atoms with Gasteiger partial charge in [0.05, 0.1) is 0 Å². The number of hydrogen-bond donors (Lipinski definition) is 1. The molecule has 3 heteroatoms. The van der Waals surface area contributed by atoms with Gasteiger partial charge in [-0.05, 0) is 43.6 Å². The standard InChI is InChI=1S/C15H28N2O/c1-12-5-3-6-13(9-12)17(2)14(18)10-15(11-16)7-4-8-15/h12-13H,3-11,16H2,1-2H3. The van der Waals surface area contributed by atoms with Gasteiger partial charge in [0, 0.05) is 19.5 Å². The SMILES string of the molecule is CC1CCCC(N(C)C(=O)CC2(CN)CCC2)C1. The van der Waals surface area contributed by atoms with Crippen molar-refractivity contribution in [2.75, 3.05) is 13.6 Å². The normalized spacial score (nSPS) is 30.6. The van der Waals surface area contributed by atoms with Crippen molar-refractivity contribution in [3.63, 3.8) is 0 Å². The number of rotatable bonds is 4. The highest BCUT2D eigenvalue weighted by atomic mass is 16.2. The first-order valence-electron chi connectivity index (χ1n) is 7.52. The number of hydrogen-bond acceptors (Lipinski definition) is 2. The Kier molecular flexibility index (Phi) is 4.31. The predicted molar refractivity (Wildman–Crippen MR) is 74.1 cm³/mol. The van der Waals surface area contributed by atoms with Gasteiger partial charge < -0.3 is 10.6 Å². The number of carbonyl (C=O) groups is 1. The first-order chi connectivity index (χ1) is 8.56.